The van der Waals surface area contributed by atoms with Crippen LogP contribution in [0.5, 0.6) is 0 Å². The zero-order valence-electron chi connectivity index (χ0n) is 14.5. The summed E-state index contributed by atoms with van der Waals surface area (Å²) < 4.78 is 1.15. The number of allylic oxidation sites excluding steroid dienone is 5. The first-order chi connectivity index (χ1) is 12.8. The number of benzene rings is 2. The second kappa shape index (κ2) is 6.44. The molecule has 1 N–H and O–H groups in total. The molecule has 1 nitrogen and oxygen atoms in total. The van der Waals surface area contributed by atoms with Crippen LogP contribution in [-0.4, -0.2) is 0 Å². The first kappa shape index (κ1) is 15.9. The van der Waals surface area contributed by atoms with Gasteiger partial charge in [-0.1, -0.05) is 58.4 Å². The average molecular weight is 402 g/mol. The molecule has 0 radical (unpaired) electrons. The lowest BCUT2D eigenvalue weighted by atomic mass is 9.81. The van der Waals surface area contributed by atoms with Gasteiger partial charge >= 0.3 is 0 Å². The summed E-state index contributed by atoms with van der Waals surface area (Å²) in [5.41, 5.74) is 6.89. The SMILES string of the molecule is Brc1ccc2c(c1)-c1ccc3c(c1=CC2)=CCCC3C1=CC=CC=CN1. The minimum Gasteiger partial charge on any atom is -0.364 e. The normalized spacial score (nSPS) is 19.7. The molecule has 0 aromatic heterocycles. The zero-order chi connectivity index (χ0) is 17.5. The van der Waals surface area contributed by atoms with Crippen molar-refractivity contribution in [3.8, 4) is 11.1 Å². The van der Waals surface area contributed by atoms with Gasteiger partial charge in [-0.3, -0.25) is 0 Å². The van der Waals surface area contributed by atoms with Crippen LogP contribution in [0, 0.1) is 0 Å². The molecule has 2 aromatic carbocycles. The number of hydrogen-bond donors (Lipinski definition) is 1. The van der Waals surface area contributed by atoms with Crippen LogP contribution >= 0.6 is 15.9 Å². The Hall–Kier alpha value is -2.32. The van der Waals surface area contributed by atoms with Crippen LogP contribution in [0.1, 0.15) is 29.9 Å². The molecular weight excluding hydrogens is 382 g/mol. The van der Waals surface area contributed by atoms with E-state index in [1.54, 1.807) is 0 Å². The first-order valence-electron chi connectivity index (χ1n) is 9.23. The van der Waals surface area contributed by atoms with Crippen molar-refractivity contribution in [2.45, 2.75) is 25.2 Å². The molecule has 1 atom stereocenters. The van der Waals surface area contributed by atoms with Gasteiger partial charge in [0.2, 0.25) is 0 Å². The molecule has 128 valence electrons. The van der Waals surface area contributed by atoms with Crippen LogP contribution in [-0.2, 0) is 6.42 Å². The van der Waals surface area contributed by atoms with Gasteiger partial charge in [0.15, 0.2) is 0 Å². The van der Waals surface area contributed by atoms with Crippen molar-refractivity contribution < 1.29 is 0 Å². The highest BCUT2D eigenvalue weighted by molar-refractivity contribution is 9.10. The monoisotopic (exact) mass is 401 g/mol. The predicted octanol–water partition coefficient (Wildman–Crippen LogP) is 4.67. The third kappa shape index (κ3) is 2.60. The van der Waals surface area contributed by atoms with E-state index in [-0.39, 0.29) is 0 Å². The third-order valence-electron chi connectivity index (χ3n) is 5.61. The quantitative estimate of drug-likeness (QED) is 0.731. The lowest BCUT2D eigenvalue weighted by Crippen LogP contribution is -2.36. The Bertz CT molecular complexity index is 1100. The minimum atomic E-state index is 0.435. The van der Waals surface area contributed by atoms with E-state index in [1.807, 2.05) is 6.20 Å². The van der Waals surface area contributed by atoms with Gasteiger partial charge in [0.1, 0.15) is 0 Å². The summed E-state index contributed by atoms with van der Waals surface area (Å²) in [5.74, 6) is 0.435. The van der Waals surface area contributed by atoms with Crippen molar-refractivity contribution in [2.75, 3.05) is 0 Å². The molecule has 1 unspecified atom stereocenters. The lowest BCUT2D eigenvalue weighted by molar-refractivity contribution is 0.673. The second-order valence-electron chi connectivity index (χ2n) is 7.08. The van der Waals surface area contributed by atoms with Crippen molar-refractivity contribution in [1.82, 2.24) is 5.32 Å². The summed E-state index contributed by atoms with van der Waals surface area (Å²) in [5, 5.41) is 6.33. The molecule has 0 saturated heterocycles. The van der Waals surface area contributed by atoms with Crippen LogP contribution in [0.25, 0.3) is 23.3 Å². The predicted molar refractivity (Wildman–Crippen MR) is 113 cm³/mol. The van der Waals surface area contributed by atoms with E-state index in [4.69, 9.17) is 0 Å². The molecule has 0 bridgehead atoms. The third-order valence-corrected chi connectivity index (χ3v) is 6.10. The van der Waals surface area contributed by atoms with Crippen molar-refractivity contribution in [2.24, 2.45) is 0 Å². The Labute approximate surface area is 162 Å². The largest absolute Gasteiger partial charge is 0.364 e. The molecule has 2 aromatic rings. The maximum Gasteiger partial charge on any atom is 0.0249 e. The molecule has 0 spiro atoms. The van der Waals surface area contributed by atoms with Gasteiger partial charge in [-0.25, -0.2) is 0 Å². The van der Waals surface area contributed by atoms with Gasteiger partial charge in [-0.15, -0.1) is 0 Å². The number of fused-ring (bicyclic) bond motifs is 5. The second-order valence-corrected chi connectivity index (χ2v) is 8.00. The molecule has 0 saturated carbocycles. The van der Waals surface area contributed by atoms with E-state index in [1.165, 1.54) is 38.4 Å². The van der Waals surface area contributed by atoms with Gasteiger partial charge < -0.3 is 5.32 Å². The van der Waals surface area contributed by atoms with Crippen LogP contribution in [0.2, 0.25) is 0 Å². The highest BCUT2D eigenvalue weighted by Crippen LogP contribution is 2.32. The zero-order valence-corrected chi connectivity index (χ0v) is 16.1. The smallest absolute Gasteiger partial charge is 0.0249 e. The Morgan fingerprint density at radius 3 is 2.85 bits per heavy atom. The standard InChI is InChI=1S/C24H20BrN/c25-17-10-8-16-9-11-19-18-5-4-6-22(24-7-2-1-3-14-26-24)20(18)12-13-21(19)23(16)15-17/h1-3,5,7-8,10-15,22,26H,4,6,9H2. The molecule has 1 aliphatic heterocycles. The summed E-state index contributed by atoms with van der Waals surface area (Å²) in [6.45, 7) is 0. The van der Waals surface area contributed by atoms with Crippen LogP contribution in [0.3, 0.4) is 0 Å². The maximum absolute atomic E-state index is 3.64. The topological polar surface area (TPSA) is 12.0 Å². The van der Waals surface area contributed by atoms with E-state index in [0.717, 1.165) is 23.7 Å². The lowest BCUT2D eigenvalue weighted by Gasteiger charge is -2.26. The van der Waals surface area contributed by atoms with Crippen molar-refractivity contribution in [3.63, 3.8) is 0 Å². The number of nitrogens with one attached hydrogen (secondary N) is 1. The Morgan fingerprint density at radius 1 is 0.923 bits per heavy atom. The molecule has 0 fully saturated rings. The van der Waals surface area contributed by atoms with Crippen LogP contribution < -0.4 is 15.8 Å². The van der Waals surface area contributed by atoms with E-state index >= 15 is 0 Å². The molecular formula is C24H20BrN. The van der Waals surface area contributed by atoms with Gasteiger partial charge in [0, 0.05) is 22.3 Å². The summed E-state index contributed by atoms with van der Waals surface area (Å²) in [6, 6.07) is 11.3. The summed E-state index contributed by atoms with van der Waals surface area (Å²) >= 11 is 3.64. The van der Waals surface area contributed by atoms with E-state index in [9.17, 15) is 0 Å². The van der Waals surface area contributed by atoms with Crippen molar-refractivity contribution in [3.05, 3.63) is 92.6 Å². The average Bonchev–Trinajstić information content (AvgIpc) is 2.96. The Morgan fingerprint density at radius 2 is 1.88 bits per heavy atom. The molecule has 1 heterocycles. The Kier molecular flexibility index (Phi) is 3.94. The molecule has 2 heteroatoms. The van der Waals surface area contributed by atoms with E-state index < -0.39 is 0 Å². The fourth-order valence-electron chi connectivity index (χ4n) is 4.39. The summed E-state index contributed by atoms with van der Waals surface area (Å²) in [4.78, 5) is 0. The molecule has 3 aliphatic rings. The minimum absolute atomic E-state index is 0.435. The van der Waals surface area contributed by atoms with E-state index in [0.29, 0.717) is 5.92 Å². The maximum atomic E-state index is 3.64. The molecule has 2 aliphatic carbocycles. The molecule has 5 rings (SSSR count). The molecule has 0 amide bonds. The van der Waals surface area contributed by atoms with Gasteiger partial charge in [-0.2, -0.15) is 0 Å². The summed E-state index contributed by atoms with van der Waals surface area (Å²) in [6.07, 6.45) is 18.7. The van der Waals surface area contributed by atoms with Gasteiger partial charge in [0.05, 0.1) is 0 Å². The highest BCUT2D eigenvalue weighted by atomic mass is 79.9. The van der Waals surface area contributed by atoms with Crippen LogP contribution in [0.4, 0.5) is 0 Å². The van der Waals surface area contributed by atoms with Gasteiger partial charge in [0.25, 0.3) is 0 Å². The van der Waals surface area contributed by atoms with Crippen LogP contribution in [0.15, 0.2) is 71.0 Å². The summed E-state index contributed by atoms with van der Waals surface area (Å²) in [7, 11) is 0. The van der Waals surface area contributed by atoms with Crippen molar-refractivity contribution >= 4 is 28.1 Å². The highest BCUT2D eigenvalue weighted by Gasteiger charge is 2.22. The van der Waals surface area contributed by atoms with Crippen molar-refractivity contribution in [1.29, 1.82) is 0 Å². The van der Waals surface area contributed by atoms with Gasteiger partial charge in [-0.05, 0) is 76.2 Å². The number of halogens is 1. The van der Waals surface area contributed by atoms with E-state index in [2.05, 4.69) is 88.0 Å². The number of rotatable bonds is 1. The fraction of sp³-hybridized carbons (Fsp3) is 0.167. The fourth-order valence-corrected chi connectivity index (χ4v) is 4.75. The Balaban J connectivity index is 1.68. The first-order valence-corrected chi connectivity index (χ1v) is 10.0. The number of hydrogen-bond acceptors (Lipinski definition) is 1. The molecule has 26 heavy (non-hydrogen) atoms.